The molecule has 2 aliphatic carbocycles. The molecule has 0 spiro atoms. The highest BCUT2D eigenvalue weighted by atomic mass is 14.3. The number of hydrogen-bond donors (Lipinski definition) is 0. The molecule has 2 aliphatic rings. The molecule has 0 unspecified atom stereocenters. The molecule has 0 nitrogen and oxygen atoms in total. The zero-order valence-corrected chi connectivity index (χ0v) is 5.32. The van der Waals surface area contributed by atoms with Crippen LogP contribution in [0.3, 0.4) is 0 Å². The van der Waals surface area contributed by atoms with Gasteiger partial charge >= 0.3 is 0 Å². The summed E-state index contributed by atoms with van der Waals surface area (Å²) in [6, 6.07) is 0. The molecule has 8 heavy (non-hydrogen) atoms. The fourth-order valence-electron chi connectivity index (χ4n) is 2.13. The van der Waals surface area contributed by atoms with E-state index in [1.807, 2.05) is 5.92 Å². The van der Waals surface area contributed by atoms with Gasteiger partial charge in [0.25, 0.3) is 0 Å². The van der Waals surface area contributed by atoms with Crippen LogP contribution in [0.1, 0.15) is 38.5 Å². The maximum atomic E-state index is 1.88. The van der Waals surface area contributed by atoms with Gasteiger partial charge in [0.15, 0.2) is 0 Å². The van der Waals surface area contributed by atoms with Crippen molar-refractivity contribution in [2.75, 3.05) is 0 Å². The molecule has 0 saturated heterocycles. The predicted octanol–water partition coefficient (Wildman–Crippen LogP) is 2.54. The number of fused-ring (bicyclic) bond motifs is 2. The minimum Gasteiger partial charge on any atom is -0.0525 e. The molecular weight excluding hydrogens is 96.1 g/mol. The zero-order valence-electron chi connectivity index (χ0n) is 5.32. The van der Waals surface area contributed by atoms with E-state index in [1.54, 1.807) is 0 Å². The first-order valence-electron chi connectivity index (χ1n) is 3.79. The Morgan fingerprint density at radius 3 is 2.88 bits per heavy atom. The summed E-state index contributed by atoms with van der Waals surface area (Å²) in [6.45, 7) is 0. The molecule has 0 aromatic rings. The Bertz CT molecular complexity index is 72.0. The molecule has 0 heterocycles. The van der Waals surface area contributed by atoms with Gasteiger partial charge < -0.3 is 0 Å². The average molecular weight is 109 g/mol. The molecule has 2 saturated carbocycles. The molecule has 0 heteroatoms. The summed E-state index contributed by atoms with van der Waals surface area (Å²) in [7, 11) is 0. The molecule has 2 rings (SSSR count). The molecule has 0 N–H and O–H groups in total. The van der Waals surface area contributed by atoms with Gasteiger partial charge in [0.2, 0.25) is 0 Å². The predicted molar refractivity (Wildman–Crippen MR) is 34.4 cm³/mol. The summed E-state index contributed by atoms with van der Waals surface area (Å²) in [4.78, 5) is 0. The van der Waals surface area contributed by atoms with Crippen molar-refractivity contribution in [3.63, 3.8) is 0 Å². The molecule has 1 atom stereocenters. The first kappa shape index (κ1) is 4.84. The van der Waals surface area contributed by atoms with Crippen molar-refractivity contribution in [1.29, 1.82) is 0 Å². The molecule has 0 aromatic carbocycles. The van der Waals surface area contributed by atoms with Crippen molar-refractivity contribution in [2.24, 2.45) is 5.92 Å². The van der Waals surface area contributed by atoms with Crippen LogP contribution >= 0.6 is 0 Å². The SMILES string of the molecule is C1C[C]2CC[C@H](C1)C2. The van der Waals surface area contributed by atoms with Crippen LogP contribution in [0, 0.1) is 11.8 Å². The highest BCUT2D eigenvalue weighted by Crippen LogP contribution is 2.42. The van der Waals surface area contributed by atoms with Gasteiger partial charge in [-0.1, -0.05) is 12.8 Å². The lowest BCUT2D eigenvalue weighted by molar-refractivity contribution is 0.447. The molecule has 0 aliphatic heterocycles. The van der Waals surface area contributed by atoms with Crippen LogP contribution in [-0.4, -0.2) is 0 Å². The Hall–Kier alpha value is 0. The van der Waals surface area contributed by atoms with Crippen LogP contribution in [-0.2, 0) is 0 Å². The van der Waals surface area contributed by atoms with E-state index in [1.165, 1.54) is 38.5 Å². The number of rotatable bonds is 0. The fraction of sp³-hybridized carbons (Fsp3) is 0.875. The topological polar surface area (TPSA) is 0 Å². The van der Waals surface area contributed by atoms with E-state index in [0.29, 0.717) is 0 Å². The van der Waals surface area contributed by atoms with Crippen LogP contribution < -0.4 is 0 Å². The van der Waals surface area contributed by atoms with Crippen LogP contribution in [0.25, 0.3) is 0 Å². The summed E-state index contributed by atoms with van der Waals surface area (Å²) < 4.78 is 0. The third kappa shape index (κ3) is 0.667. The van der Waals surface area contributed by atoms with E-state index in [-0.39, 0.29) is 0 Å². The van der Waals surface area contributed by atoms with E-state index in [0.717, 1.165) is 5.92 Å². The lowest BCUT2D eigenvalue weighted by Crippen LogP contribution is -2.01. The third-order valence-electron chi connectivity index (χ3n) is 2.63. The largest absolute Gasteiger partial charge is 0.0525 e. The van der Waals surface area contributed by atoms with E-state index in [9.17, 15) is 0 Å². The smallest absolute Gasteiger partial charge is 0.0238 e. The first-order chi connectivity index (χ1) is 3.95. The minimum absolute atomic E-state index is 1.12. The minimum atomic E-state index is 1.12. The van der Waals surface area contributed by atoms with Gasteiger partial charge in [-0.3, -0.25) is 0 Å². The lowest BCUT2D eigenvalue weighted by Gasteiger charge is -2.16. The highest BCUT2D eigenvalue weighted by Gasteiger charge is 2.28. The Morgan fingerprint density at radius 2 is 2.12 bits per heavy atom. The van der Waals surface area contributed by atoms with Gasteiger partial charge in [-0.2, -0.15) is 0 Å². The highest BCUT2D eigenvalue weighted by molar-refractivity contribution is 5.01. The van der Waals surface area contributed by atoms with Crippen LogP contribution in [0.15, 0.2) is 0 Å². The van der Waals surface area contributed by atoms with Crippen molar-refractivity contribution in [1.82, 2.24) is 0 Å². The lowest BCUT2D eigenvalue weighted by atomic mass is 9.89. The molecule has 2 fully saturated rings. The normalized spacial score (nSPS) is 38.2. The van der Waals surface area contributed by atoms with Gasteiger partial charge in [0, 0.05) is 0 Å². The van der Waals surface area contributed by atoms with Crippen molar-refractivity contribution in [3.05, 3.63) is 5.92 Å². The summed E-state index contributed by atoms with van der Waals surface area (Å²) in [6.07, 6.45) is 9.00. The zero-order chi connectivity index (χ0) is 5.40. The molecule has 1 radical (unpaired) electrons. The monoisotopic (exact) mass is 109 g/mol. The second-order valence-corrected chi connectivity index (χ2v) is 3.25. The second-order valence-electron chi connectivity index (χ2n) is 3.25. The fourth-order valence-corrected chi connectivity index (χ4v) is 2.13. The van der Waals surface area contributed by atoms with E-state index in [2.05, 4.69) is 0 Å². The van der Waals surface area contributed by atoms with Gasteiger partial charge in [-0.05, 0) is 37.5 Å². The molecule has 0 amide bonds. The van der Waals surface area contributed by atoms with E-state index >= 15 is 0 Å². The van der Waals surface area contributed by atoms with E-state index in [4.69, 9.17) is 0 Å². The van der Waals surface area contributed by atoms with Crippen molar-refractivity contribution in [3.8, 4) is 0 Å². The second kappa shape index (κ2) is 1.75. The van der Waals surface area contributed by atoms with Crippen molar-refractivity contribution >= 4 is 0 Å². The molecule has 2 bridgehead atoms. The third-order valence-corrected chi connectivity index (χ3v) is 2.63. The van der Waals surface area contributed by atoms with Crippen LogP contribution in [0.2, 0.25) is 0 Å². The Morgan fingerprint density at radius 1 is 1.12 bits per heavy atom. The van der Waals surface area contributed by atoms with Crippen molar-refractivity contribution < 1.29 is 0 Å². The summed E-state index contributed by atoms with van der Waals surface area (Å²) in [5.41, 5.74) is 0. The summed E-state index contributed by atoms with van der Waals surface area (Å²) >= 11 is 0. The first-order valence-corrected chi connectivity index (χ1v) is 3.79. The Labute approximate surface area is 51.3 Å². The summed E-state index contributed by atoms with van der Waals surface area (Å²) in [5, 5.41) is 0. The van der Waals surface area contributed by atoms with Gasteiger partial charge in [-0.15, -0.1) is 0 Å². The van der Waals surface area contributed by atoms with Gasteiger partial charge in [0.05, 0.1) is 0 Å². The molecule has 0 aromatic heterocycles. The molecule has 45 valence electrons. The number of hydrogen-bond acceptors (Lipinski definition) is 0. The van der Waals surface area contributed by atoms with Crippen LogP contribution in [0.5, 0.6) is 0 Å². The molecular formula is C8H13. The Balaban J connectivity index is 2.03. The van der Waals surface area contributed by atoms with Gasteiger partial charge in [-0.25, -0.2) is 0 Å². The maximum absolute atomic E-state index is 1.88. The average Bonchev–Trinajstić information content (AvgIpc) is 2.12. The standard InChI is InChI=1S/C8H13/c1-2-7-4-5-8(3-1)6-7/h7H,1-6H2/t7-/m0/s1. The van der Waals surface area contributed by atoms with Crippen molar-refractivity contribution in [2.45, 2.75) is 38.5 Å². The Kier molecular flexibility index (Phi) is 1.06. The summed E-state index contributed by atoms with van der Waals surface area (Å²) in [5.74, 6) is 3.00. The van der Waals surface area contributed by atoms with Gasteiger partial charge in [0.1, 0.15) is 0 Å². The van der Waals surface area contributed by atoms with Crippen LogP contribution in [0.4, 0.5) is 0 Å². The maximum Gasteiger partial charge on any atom is -0.0238 e. The quantitative estimate of drug-likeness (QED) is 0.448. The van der Waals surface area contributed by atoms with E-state index < -0.39 is 0 Å².